The fraction of sp³-hybridized carbons (Fsp3) is 0.231. The summed E-state index contributed by atoms with van der Waals surface area (Å²) in [7, 11) is 0. The van der Waals surface area contributed by atoms with E-state index in [-0.39, 0.29) is 0 Å². The molecule has 0 fully saturated rings. The molecule has 0 spiro atoms. The number of rotatable bonds is 3. The summed E-state index contributed by atoms with van der Waals surface area (Å²) in [5, 5.41) is 0. The number of fused-ring (bicyclic) bond motifs is 1. The van der Waals surface area contributed by atoms with Crippen LogP contribution in [0.5, 0.6) is 0 Å². The lowest BCUT2D eigenvalue weighted by molar-refractivity contribution is 0.617. The third-order valence-electron chi connectivity index (χ3n) is 2.86. The van der Waals surface area contributed by atoms with Crippen LogP contribution in [0.15, 0.2) is 35.1 Å². The molecule has 5 heteroatoms. The second-order valence-electron chi connectivity index (χ2n) is 4.23. The van der Waals surface area contributed by atoms with Gasteiger partial charge < -0.3 is 14.7 Å². The maximum absolute atomic E-state index is 5.71. The van der Waals surface area contributed by atoms with Crippen LogP contribution in [-0.2, 0) is 6.54 Å². The molecule has 3 rings (SSSR count). The Morgan fingerprint density at radius 2 is 2.28 bits per heavy atom. The van der Waals surface area contributed by atoms with E-state index in [2.05, 4.69) is 9.97 Å². The van der Waals surface area contributed by atoms with Crippen LogP contribution in [0.2, 0.25) is 0 Å². The molecule has 2 aromatic heterocycles. The molecule has 2 N–H and O–H groups in total. The van der Waals surface area contributed by atoms with Crippen molar-refractivity contribution in [2.75, 3.05) is 6.54 Å². The van der Waals surface area contributed by atoms with Gasteiger partial charge in [0.1, 0.15) is 11.2 Å². The van der Waals surface area contributed by atoms with Gasteiger partial charge in [0.15, 0.2) is 5.58 Å². The Bertz CT molecular complexity index is 683. The highest BCUT2D eigenvalue weighted by Crippen LogP contribution is 2.24. The number of imidazole rings is 1. The van der Waals surface area contributed by atoms with E-state index in [0.717, 1.165) is 28.9 Å². The van der Waals surface area contributed by atoms with Crippen molar-refractivity contribution in [3.05, 3.63) is 36.3 Å². The van der Waals surface area contributed by atoms with Crippen molar-refractivity contribution in [3.63, 3.8) is 0 Å². The van der Waals surface area contributed by atoms with Crippen molar-refractivity contribution in [2.24, 2.45) is 5.73 Å². The van der Waals surface area contributed by atoms with Gasteiger partial charge >= 0.3 is 0 Å². The normalized spacial score (nSPS) is 11.2. The average Bonchev–Trinajstić information content (AvgIpc) is 2.96. The minimum atomic E-state index is 0.551. The highest BCUT2D eigenvalue weighted by molar-refractivity contribution is 5.78. The summed E-state index contributed by atoms with van der Waals surface area (Å²) in [6.07, 6.45) is 3.64. The molecule has 0 radical (unpaired) electrons. The van der Waals surface area contributed by atoms with Crippen LogP contribution in [0, 0.1) is 6.92 Å². The Morgan fingerprint density at radius 1 is 1.39 bits per heavy atom. The monoisotopic (exact) mass is 242 g/mol. The molecule has 0 aliphatic carbocycles. The molecular weight excluding hydrogens is 228 g/mol. The van der Waals surface area contributed by atoms with Gasteiger partial charge in [-0.15, -0.1) is 0 Å². The van der Waals surface area contributed by atoms with Gasteiger partial charge in [-0.05, 0) is 18.6 Å². The van der Waals surface area contributed by atoms with Crippen molar-refractivity contribution in [3.8, 4) is 11.6 Å². The van der Waals surface area contributed by atoms with Crippen LogP contribution < -0.4 is 5.73 Å². The Hall–Kier alpha value is -2.14. The van der Waals surface area contributed by atoms with Gasteiger partial charge in [0.25, 0.3) is 0 Å². The smallest absolute Gasteiger partial charge is 0.247 e. The molecule has 0 aliphatic rings. The first kappa shape index (κ1) is 11.0. The molecule has 5 nitrogen and oxygen atoms in total. The summed E-state index contributed by atoms with van der Waals surface area (Å²) in [5.41, 5.74) is 9.02. The van der Waals surface area contributed by atoms with E-state index in [4.69, 9.17) is 10.2 Å². The largest absolute Gasteiger partial charge is 0.435 e. The minimum absolute atomic E-state index is 0.551. The molecule has 0 saturated carbocycles. The van der Waals surface area contributed by atoms with E-state index in [1.165, 1.54) is 0 Å². The summed E-state index contributed by atoms with van der Waals surface area (Å²) in [6, 6.07) is 5.89. The van der Waals surface area contributed by atoms with Gasteiger partial charge in [0.2, 0.25) is 5.89 Å². The number of benzene rings is 1. The Balaban J connectivity index is 2.05. The number of aromatic nitrogens is 3. The van der Waals surface area contributed by atoms with Gasteiger partial charge in [-0.1, -0.05) is 12.1 Å². The first-order chi connectivity index (χ1) is 8.78. The molecule has 0 bridgehead atoms. The lowest BCUT2D eigenvalue weighted by atomic mass is 10.2. The number of para-hydroxylation sites is 1. The highest BCUT2D eigenvalue weighted by atomic mass is 16.3. The SMILES string of the molecule is Cc1cccc2oc(-c3cn(CCN)cn3)nc12. The molecule has 0 aliphatic heterocycles. The summed E-state index contributed by atoms with van der Waals surface area (Å²) >= 11 is 0. The van der Waals surface area contributed by atoms with Gasteiger partial charge in [-0.3, -0.25) is 0 Å². The maximum atomic E-state index is 5.71. The van der Waals surface area contributed by atoms with Crippen LogP contribution in [0.3, 0.4) is 0 Å². The van der Waals surface area contributed by atoms with E-state index < -0.39 is 0 Å². The van der Waals surface area contributed by atoms with Crippen molar-refractivity contribution in [1.29, 1.82) is 0 Å². The van der Waals surface area contributed by atoms with Crippen LogP contribution in [0.4, 0.5) is 0 Å². The number of oxazole rings is 1. The molecule has 0 atom stereocenters. The first-order valence-electron chi connectivity index (χ1n) is 5.86. The van der Waals surface area contributed by atoms with Crippen molar-refractivity contribution >= 4 is 11.1 Å². The Morgan fingerprint density at radius 3 is 3.06 bits per heavy atom. The zero-order valence-corrected chi connectivity index (χ0v) is 10.1. The van der Waals surface area contributed by atoms with Gasteiger partial charge in [-0.2, -0.15) is 0 Å². The molecule has 1 aromatic carbocycles. The first-order valence-corrected chi connectivity index (χ1v) is 5.86. The zero-order valence-electron chi connectivity index (χ0n) is 10.1. The number of nitrogens with two attached hydrogens (primary N) is 1. The summed E-state index contributed by atoms with van der Waals surface area (Å²) in [5.74, 6) is 0.551. The summed E-state index contributed by atoms with van der Waals surface area (Å²) in [4.78, 5) is 8.76. The molecule has 0 unspecified atom stereocenters. The highest BCUT2D eigenvalue weighted by Gasteiger charge is 2.11. The fourth-order valence-electron chi connectivity index (χ4n) is 1.94. The third-order valence-corrected chi connectivity index (χ3v) is 2.86. The van der Waals surface area contributed by atoms with E-state index in [9.17, 15) is 0 Å². The van der Waals surface area contributed by atoms with Crippen molar-refractivity contribution in [1.82, 2.24) is 14.5 Å². The zero-order chi connectivity index (χ0) is 12.5. The average molecular weight is 242 g/mol. The molecule has 3 aromatic rings. The van der Waals surface area contributed by atoms with E-state index in [1.807, 2.05) is 35.9 Å². The lowest BCUT2D eigenvalue weighted by Crippen LogP contribution is -2.07. The van der Waals surface area contributed by atoms with Crippen molar-refractivity contribution < 1.29 is 4.42 Å². The van der Waals surface area contributed by atoms with E-state index in [0.29, 0.717) is 12.4 Å². The van der Waals surface area contributed by atoms with Gasteiger partial charge in [0.05, 0.1) is 6.33 Å². The second kappa shape index (κ2) is 4.27. The standard InChI is InChI=1S/C13H14N4O/c1-9-3-2-4-11-12(9)16-13(18-11)10-7-17(6-5-14)8-15-10/h2-4,7-8H,5-6,14H2,1H3. The second-order valence-corrected chi connectivity index (χ2v) is 4.23. The number of nitrogens with zero attached hydrogens (tertiary/aromatic N) is 3. The Labute approximate surface area is 104 Å². The van der Waals surface area contributed by atoms with Gasteiger partial charge in [-0.25, -0.2) is 9.97 Å². The minimum Gasteiger partial charge on any atom is -0.435 e. The predicted molar refractivity (Wildman–Crippen MR) is 69.0 cm³/mol. The van der Waals surface area contributed by atoms with E-state index >= 15 is 0 Å². The third kappa shape index (κ3) is 1.78. The molecule has 92 valence electrons. The van der Waals surface area contributed by atoms with Crippen LogP contribution in [-0.4, -0.2) is 21.1 Å². The number of hydrogen-bond acceptors (Lipinski definition) is 4. The lowest BCUT2D eigenvalue weighted by Gasteiger charge is -1.94. The number of hydrogen-bond donors (Lipinski definition) is 1. The number of aryl methyl sites for hydroxylation is 1. The topological polar surface area (TPSA) is 69.9 Å². The summed E-state index contributed by atoms with van der Waals surface area (Å²) < 4.78 is 7.64. The van der Waals surface area contributed by atoms with Crippen LogP contribution in [0.25, 0.3) is 22.7 Å². The van der Waals surface area contributed by atoms with Gasteiger partial charge in [0, 0.05) is 19.3 Å². The molecule has 2 heterocycles. The maximum Gasteiger partial charge on any atom is 0.247 e. The molecular formula is C13H14N4O. The fourth-order valence-corrected chi connectivity index (χ4v) is 1.94. The quantitative estimate of drug-likeness (QED) is 0.762. The predicted octanol–water partition coefficient (Wildman–Crippen LogP) is 1.96. The summed E-state index contributed by atoms with van der Waals surface area (Å²) in [6.45, 7) is 3.34. The molecule has 0 saturated heterocycles. The molecule has 0 amide bonds. The van der Waals surface area contributed by atoms with Crippen LogP contribution in [0.1, 0.15) is 5.56 Å². The van der Waals surface area contributed by atoms with Crippen molar-refractivity contribution in [2.45, 2.75) is 13.5 Å². The van der Waals surface area contributed by atoms with Crippen LogP contribution >= 0.6 is 0 Å². The molecule has 18 heavy (non-hydrogen) atoms. The van der Waals surface area contributed by atoms with E-state index in [1.54, 1.807) is 6.33 Å². The Kier molecular flexibility index (Phi) is 2.60.